The molecule has 2 aromatic rings. The molecule has 0 radical (unpaired) electrons. The number of hydrogen-bond donors (Lipinski definition) is 2. The third kappa shape index (κ3) is 4.82. The zero-order chi connectivity index (χ0) is 19.1. The van der Waals surface area contributed by atoms with Crippen LogP contribution in [-0.2, 0) is 4.79 Å². The van der Waals surface area contributed by atoms with E-state index >= 15 is 0 Å². The number of carbonyl (C=O) groups excluding carboxylic acids is 1. The van der Waals surface area contributed by atoms with E-state index in [4.69, 9.17) is 10.5 Å². The van der Waals surface area contributed by atoms with Gasteiger partial charge in [-0.15, -0.1) is 11.3 Å². The van der Waals surface area contributed by atoms with Crippen LogP contribution in [0.3, 0.4) is 0 Å². The molecule has 1 atom stereocenters. The van der Waals surface area contributed by atoms with Gasteiger partial charge in [0.1, 0.15) is 6.04 Å². The summed E-state index contributed by atoms with van der Waals surface area (Å²) in [5.41, 5.74) is 2.47. The molecule has 1 aromatic carbocycles. The molecule has 2 N–H and O–H groups in total. The summed E-state index contributed by atoms with van der Waals surface area (Å²) in [7, 11) is 0. The van der Waals surface area contributed by atoms with E-state index in [-0.39, 0.29) is 18.5 Å². The molecule has 0 bridgehead atoms. The quantitative estimate of drug-likeness (QED) is 0.714. The van der Waals surface area contributed by atoms with Crippen molar-refractivity contribution in [1.29, 1.82) is 10.5 Å². The Morgan fingerprint density at radius 3 is 2.85 bits per heavy atom. The molecular formula is C19H20N6OS. The summed E-state index contributed by atoms with van der Waals surface area (Å²) in [6, 6.07) is 11.3. The van der Waals surface area contributed by atoms with Crippen molar-refractivity contribution < 1.29 is 4.79 Å². The fourth-order valence-corrected chi connectivity index (χ4v) is 3.71. The maximum absolute atomic E-state index is 12.1. The van der Waals surface area contributed by atoms with Crippen molar-refractivity contribution in [2.24, 2.45) is 0 Å². The summed E-state index contributed by atoms with van der Waals surface area (Å²) < 4.78 is 0. The number of likely N-dealkylation sites (tertiary alicyclic amines) is 1. The molecule has 7 nitrogen and oxygen atoms in total. The zero-order valence-corrected chi connectivity index (χ0v) is 15.6. The van der Waals surface area contributed by atoms with Gasteiger partial charge in [-0.1, -0.05) is 12.1 Å². The van der Waals surface area contributed by atoms with Gasteiger partial charge >= 0.3 is 0 Å². The summed E-state index contributed by atoms with van der Waals surface area (Å²) in [5, 5.41) is 27.0. The van der Waals surface area contributed by atoms with Crippen molar-refractivity contribution in [1.82, 2.24) is 15.2 Å². The Labute approximate surface area is 162 Å². The Hall–Kier alpha value is -2.94. The van der Waals surface area contributed by atoms with Gasteiger partial charge in [0, 0.05) is 30.6 Å². The first-order valence-corrected chi connectivity index (χ1v) is 9.69. The highest BCUT2D eigenvalue weighted by atomic mass is 32.1. The van der Waals surface area contributed by atoms with Gasteiger partial charge in [-0.2, -0.15) is 10.5 Å². The largest absolute Gasteiger partial charge is 0.360 e. The molecule has 1 fully saturated rings. The van der Waals surface area contributed by atoms with Crippen LogP contribution in [0.1, 0.15) is 18.4 Å². The minimum Gasteiger partial charge on any atom is -0.360 e. The Morgan fingerprint density at radius 1 is 1.30 bits per heavy atom. The number of nitrogens with one attached hydrogen (secondary N) is 2. The first kappa shape index (κ1) is 18.8. The molecule has 0 saturated carbocycles. The second-order valence-corrected chi connectivity index (χ2v) is 7.06. The average Bonchev–Trinajstić information content (AvgIpc) is 3.37. The van der Waals surface area contributed by atoms with Crippen molar-refractivity contribution >= 4 is 22.4 Å². The minimum absolute atomic E-state index is 0.0172. The van der Waals surface area contributed by atoms with Crippen molar-refractivity contribution in [2.75, 3.05) is 31.5 Å². The van der Waals surface area contributed by atoms with Crippen LogP contribution in [-0.4, -0.2) is 48.0 Å². The van der Waals surface area contributed by atoms with E-state index < -0.39 is 0 Å². The van der Waals surface area contributed by atoms with Gasteiger partial charge in [0.2, 0.25) is 5.91 Å². The molecule has 8 heteroatoms. The van der Waals surface area contributed by atoms with Crippen LogP contribution in [0.5, 0.6) is 0 Å². The predicted octanol–water partition coefficient (Wildman–Crippen LogP) is 2.20. The van der Waals surface area contributed by atoms with E-state index in [9.17, 15) is 4.79 Å². The standard InChI is InChI=1S/C19H20N6OS/c20-10-14-3-5-15(6-4-14)17-13-27-19(24-17)23-8-7-22-12-18(26)25-9-1-2-16(25)11-21/h3-6,13,16,22H,1-2,7-9,12H2,(H,23,24). The lowest BCUT2D eigenvalue weighted by Crippen LogP contribution is -2.41. The number of aromatic nitrogens is 1. The summed E-state index contributed by atoms with van der Waals surface area (Å²) in [6.07, 6.45) is 1.67. The molecule has 2 heterocycles. The van der Waals surface area contributed by atoms with Crippen molar-refractivity contribution in [3.05, 3.63) is 35.2 Å². The van der Waals surface area contributed by atoms with Crippen LogP contribution >= 0.6 is 11.3 Å². The third-order valence-electron chi connectivity index (χ3n) is 4.39. The van der Waals surface area contributed by atoms with Crippen LogP contribution in [0, 0.1) is 22.7 Å². The fraction of sp³-hybridized carbons (Fsp3) is 0.368. The molecule has 1 amide bonds. The van der Waals surface area contributed by atoms with Crippen LogP contribution in [0.25, 0.3) is 11.3 Å². The van der Waals surface area contributed by atoms with Crippen molar-refractivity contribution in [3.63, 3.8) is 0 Å². The predicted molar refractivity (Wildman–Crippen MR) is 104 cm³/mol. The smallest absolute Gasteiger partial charge is 0.237 e. The summed E-state index contributed by atoms with van der Waals surface area (Å²) in [5.74, 6) is -0.0172. The zero-order valence-electron chi connectivity index (χ0n) is 14.8. The molecule has 1 unspecified atom stereocenters. The number of amides is 1. The molecule has 1 aliphatic rings. The monoisotopic (exact) mass is 380 g/mol. The van der Waals surface area contributed by atoms with Gasteiger partial charge in [0.05, 0.1) is 29.9 Å². The number of carbonyl (C=O) groups is 1. The van der Waals surface area contributed by atoms with Gasteiger partial charge in [-0.25, -0.2) is 4.98 Å². The highest BCUT2D eigenvalue weighted by Gasteiger charge is 2.27. The van der Waals surface area contributed by atoms with E-state index in [1.165, 1.54) is 11.3 Å². The topological polar surface area (TPSA) is 105 Å². The molecule has 1 aliphatic heterocycles. The Bertz CT molecular complexity index is 864. The van der Waals surface area contributed by atoms with E-state index in [0.29, 0.717) is 25.2 Å². The van der Waals surface area contributed by atoms with Gasteiger partial charge in [0.15, 0.2) is 5.13 Å². The number of nitrogens with zero attached hydrogens (tertiary/aromatic N) is 4. The number of benzene rings is 1. The van der Waals surface area contributed by atoms with Gasteiger partial charge < -0.3 is 15.5 Å². The third-order valence-corrected chi connectivity index (χ3v) is 5.19. The van der Waals surface area contributed by atoms with E-state index in [2.05, 4.69) is 27.8 Å². The lowest BCUT2D eigenvalue weighted by Gasteiger charge is -2.19. The molecule has 1 saturated heterocycles. The van der Waals surface area contributed by atoms with E-state index in [1.54, 1.807) is 17.0 Å². The molecule has 138 valence electrons. The normalized spacial score (nSPS) is 15.9. The molecule has 0 spiro atoms. The van der Waals surface area contributed by atoms with Crippen LogP contribution in [0.4, 0.5) is 5.13 Å². The number of rotatable bonds is 7. The highest BCUT2D eigenvalue weighted by molar-refractivity contribution is 7.14. The van der Waals surface area contributed by atoms with Gasteiger partial charge in [0.25, 0.3) is 0 Å². The number of thiazole rings is 1. The van der Waals surface area contributed by atoms with Crippen LogP contribution < -0.4 is 10.6 Å². The Morgan fingerprint density at radius 2 is 2.11 bits per heavy atom. The second-order valence-electron chi connectivity index (χ2n) is 6.20. The summed E-state index contributed by atoms with van der Waals surface area (Å²) >= 11 is 1.52. The first-order valence-electron chi connectivity index (χ1n) is 8.81. The Balaban J connectivity index is 1.40. The molecule has 3 rings (SSSR count). The van der Waals surface area contributed by atoms with Crippen LogP contribution in [0.2, 0.25) is 0 Å². The van der Waals surface area contributed by atoms with Gasteiger partial charge in [-0.3, -0.25) is 4.79 Å². The maximum Gasteiger partial charge on any atom is 0.237 e. The van der Waals surface area contributed by atoms with Gasteiger partial charge in [-0.05, 0) is 25.0 Å². The summed E-state index contributed by atoms with van der Waals surface area (Å²) in [6.45, 7) is 2.19. The number of nitriles is 2. The second kappa shape index (κ2) is 9.13. The summed E-state index contributed by atoms with van der Waals surface area (Å²) in [4.78, 5) is 18.3. The number of anilines is 1. The number of hydrogen-bond acceptors (Lipinski definition) is 7. The first-order chi connectivity index (χ1) is 13.2. The average molecular weight is 380 g/mol. The van der Waals surface area contributed by atoms with E-state index in [1.807, 2.05) is 17.5 Å². The lowest BCUT2D eigenvalue weighted by atomic mass is 10.1. The minimum atomic E-state index is -0.270. The SMILES string of the molecule is N#Cc1ccc(-c2csc(NCCNCC(=O)N3CCCC3C#N)n2)cc1. The molecule has 27 heavy (non-hydrogen) atoms. The molecular weight excluding hydrogens is 360 g/mol. The highest BCUT2D eigenvalue weighted by Crippen LogP contribution is 2.24. The van der Waals surface area contributed by atoms with Crippen molar-refractivity contribution in [3.8, 4) is 23.4 Å². The van der Waals surface area contributed by atoms with Crippen molar-refractivity contribution in [2.45, 2.75) is 18.9 Å². The lowest BCUT2D eigenvalue weighted by molar-refractivity contribution is -0.130. The maximum atomic E-state index is 12.1. The fourth-order valence-electron chi connectivity index (χ4n) is 2.96. The molecule has 1 aromatic heterocycles. The van der Waals surface area contributed by atoms with E-state index in [0.717, 1.165) is 29.2 Å². The molecule has 0 aliphatic carbocycles. The Kier molecular flexibility index (Phi) is 6.37. The van der Waals surface area contributed by atoms with Crippen LogP contribution in [0.15, 0.2) is 29.6 Å².